The number of likely N-dealkylation sites (tertiary alicyclic amines) is 1. The number of ether oxygens (including phenoxy) is 1. The molecule has 0 bridgehead atoms. The number of aromatic nitrogens is 2. The number of carbonyl (C=O) groups excluding carboxylic acids is 3. The van der Waals surface area contributed by atoms with Crippen LogP contribution in [0.4, 0.5) is 0 Å². The number of hydroxylamine groups is 2. The number of piperidine rings is 1. The van der Waals surface area contributed by atoms with Crippen molar-refractivity contribution in [2.45, 2.75) is 24.8 Å². The summed E-state index contributed by atoms with van der Waals surface area (Å²) in [6, 6.07) is 9.56. The van der Waals surface area contributed by atoms with Gasteiger partial charge in [-0.1, -0.05) is 18.2 Å². The number of rotatable bonds is 4. The minimum absolute atomic E-state index is 0.0539. The van der Waals surface area contributed by atoms with Gasteiger partial charge in [-0.05, 0) is 25.0 Å². The standard InChI is InChI=1S/C21H24N4O5/c1-29-20(28)17-12-18(26)25(30-2)21(17)8-10-23(11-9-21)19(27)15-13-22-24(14-15)16-6-4-3-5-7-16/h3-7,13-14,17H,8-12H2,1-2H3/t17-/m1/s1. The van der Waals surface area contributed by atoms with Crippen molar-refractivity contribution in [1.29, 1.82) is 0 Å². The molecule has 1 aromatic carbocycles. The van der Waals surface area contributed by atoms with E-state index < -0.39 is 17.4 Å². The number of benzene rings is 1. The van der Waals surface area contributed by atoms with Crippen molar-refractivity contribution in [2.75, 3.05) is 27.3 Å². The van der Waals surface area contributed by atoms with Crippen LogP contribution in [0.3, 0.4) is 0 Å². The molecule has 0 N–H and O–H groups in total. The highest BCUT2D eigenvalue weighted by Gasteiger charge is 2.58. The highest BCUT2D eigenvalue weighted by molar-refractivity contribution is 5.94. The van der Waals surface area contributed by atoms with E-state index in [2.05, 4.69) is 5.10 Å². The smallest absolute Gasteiger partial charge is 0.311 e. The molecule has 4 rings (SSSR count). The lowest BCUT2D eigenvalue weighted by Gasteiger charge is -2.45. The molecule has 9 nitrogen and oxygen atoms in total. The van der Waals surface area contributed by atoms with Gasteiger partial charge in [-0.25, -0.2) is 9.75 Å². The number of amides is 2. The number of para-hydroxylation sites is 1. The quantitative estimate of drug-likeness (QED) is 0.706. The van der Waals surface area contributed by atoms with Gasteiger partial charge >= 0.3 is 5.97 Å². The Morgan fingerprint density at radius 3 is 2.47 bits per heavy atom. The molecule has 3 heterocycles. The maximum Gasteiger partial charge on any atom is 0.311 e. The lowest BCUT2D eigenvalue weighted by Crippen LogP contribution is -2.57. The minimum atomic E-state index is -0.788. The molecule has 2 aliphatic heterocycles. The molecule has 2 aromatic rings. The second-order valence-corrected chi connectivity index (χ2v) is 7.56. The second kappa shape index (κ2) is 7.91. The maximum atomic E-state index is 13.0. The summed E-state index contributed by atoms with van der Waals surface area (Å²) in [6.07, 6.45) is 4.19. The van der Waals surface area contributed by atoms with Crippen LogP contribution < -0.4 is 0 Å². The van der Waals surface area contributed by atoms with Gasteiger partial charge < -0.3 is 9.64 Å². The summed E-state index contributed by atoms with van der Waals surface area (Å²) in [5.41, 5.74) is 0.574. The maximum absolute atomic E-state index is 13.0. The number of hydrogen-bond donors (Lipinski definition) is 0. The van der Waals surface area contributed by atoms with Gasteiger partial charge in [0.05, 0.1) is 43.1 Å². The molecule has 2 fully saturated rings. The molecule has 1 spiro atoms. The highest BCUT2D eigenvalue weighted by atomic mass is 16.7. The van der Waals surface area contributed by atoms with Crippen LogP contribution in [0.25, 0.3) is 5.69 Å². The van der Waals surface area contributed by atoms with Crippen LogP contribution in [-0.2, 0) is 19.2 Å². The molecule has 2 saturated heterocycles. The number of hydrogen-bond acceptors (Lipinski definition) is 6. The van der Waals surface area contributed by atoms with Gasteiger partial charge in [0.2, 0.25) is 5.91 Å². The molecule has 0 radical (unpaired) electrons. The van der Waals surface area contributed by atoms with Gasteiger partial charge in [0, 0.05) is 25.7 Å². The normalized spacial score (nSPS) is 20.6. The van der Waals surface area contributed by atoms with Gasteiger partial charge in [0.25, 0.3) is 5.91 Å². The zero-order valence-corrected chi connectivity index (χ0v) is 17.0. The van der Waals surface area contributed by atoms with Crippen LogP contribution in [0.5, 0.6) is 0 Å². The first kappa shape index (κ1) is 20.1. The predicted molar refractivity (Wildman–Crippen MR) is 105 cm³/mol. The predicted octanol–water partition coefficient (Wildman–Crippen LogP) is 1.43. The summed E-state index contributed by atoms with van der Waals surface area (Å²) in [4.78, 5) is 44.8. The number of esters is 1. The van der Waals surface area contributed by atoms with E-state index in [1.54, 1.807) is 22.0 Å². The van der Waals surface area contributed by atoms with E-state index in [9.17, 15) is 14.4 Å². The molecule has 0 saturated carbocycles. The second-order valence-electron chi connectivity index (χ2n) is 7.56. The molecule has 158 valence electrons. The average molecular weight is 412 g/mol. The van der Waals surface area contributed by atoms with Crippen LogP contribution in [0.15, 0.2) is 42.7 Å². The van der Waals surface area contributed by atoms with Crippen LogP contribution in [-0.4, -0.2) is 70.4 Å². The van der Waals surface area contributed by atoms with Crippen LogP contribution in [0.2, 0.25) is 0 Å². The van der Waals surface area contributed by atoms with Gasteiger partial charge in [0.1, 0.15) is 0 Å². The van der Waals surface area contributed by atoms with E-state index in [4.69, 9.17) is 9.57 Å². The summed E-state index contributed by atoms with van der Waals surface area (Å²) in [5, 5.41) is 5.60. The molecule has 2 aliphatic rings. The molecule has 0 aliphatic carbocycles. The van der Waals surface area contributed by atoms with Gasteiger partial charge in [0.15, 0.2) is 0 Å². The third-order valence-corrected chi connectivity index (χ3v) is 6.09. The van der Waals surface area contributed by atoms with E-state index in [0.29, 0.717) is 31.5 Å². The monoisotopic (exact) mass is 412 g/mol. The zero-order valence-electron chi connectivity index (χ0n) is 17.0. The van der Waals surface area contributed by atoms with Crippen molar-refractivity contribution in [1.82, 2.24) is 19.7 Å². The van der Waals surface area contributed by atoms with E-state index >= 15 is 0 Å². The lowest BCUT2D eigenvalue weighted by molar-refractivity contribution is -0.208. The van der Waals surface area contributed by atoms with Crippen molar-refractivity contribution in [2.24, 2.45) is 5.92 Å². The SMILES string of the molecule is COC(=O)[C@H]1CC(=O)N(OC)C12CCN(C(=O)c1cnn(-c3ccccc3)c1)CC2. The summed E-state index contributed by atoms with van der Waals surface area (Å²) < 4.78 is 6.59. The largest absolute Gasteiger partial charge is 0.469 e. The van der Waals surface area contributed by atoms with Crippen molar-refractivity contribution in [3.63, 3.8) is 0 Å². The number of nitrogens with zero attached hydrogens (tertiary/aromatic N) is 4. The third kappa shape index (κ3) is 3.24. The Hall–Kier alpha value is -3.20. The molecule has 0 unspecified atom stereocenters. The van der Waals surface area contributed by atoms with Gasteiger partial charge in [-0.15, -0.1) is 0 Å². The fourth-order valence-electron chi connectivity index (χ4n) is 4.55. The highest BCUT2D eigenvalue weighted by Crippen LogP contribution is 2.44. The molecular weight excluding hydrogens is 388 g/mol. The molecule has 1 aromatic heterocycles. The number of methoxy groups -OCH3 is 1. The molecule has 1 atom stereocenters. The summed E-state index contributed by atoms with van der Waals surface area (Å²) in [5.74, 6) is -1.40. The Morgan fingerprint density at radius 1 is 1.13 bits per heavy atom. The van der Waals surface area contributed by atoms with Gasteiger partial charge in [-0.2, -0.15) is 5.10 Å². The minimum Gasteiger partial charge on any atom is -0.469 e. The van der Waals surface area contributed by atoms with E-state index in [0.717, 1.165) is 5.69 Å². The Kier molecular flexibility index (Phi) is 5.29. The first-order valence-corrected chi connectivity index (χ1v) is 9.84. The third-order valence-electron chi connectivity index (χ3n) is 6.09. The molecule has 2 amide bonds. The van der Waals surface area contributed by atoms with Crippen molar-refractivity contribution >= 4 is 17.8 Å². The average Bonchev–Trinajstić information content (AvgIpc) is 3.37. The summed E-state index contributed by atoms with van der Waals surface area (Å²) >= 11 is 0. The Balaban J connectivity index is 1.50. The molecule has 30 heavy (non-hydrogen) atoms. The molecular formula is C21H24N4O5. The van der Waals surface area contributed by atoms with E-state index in [1.807, 2.05) is 30.3 Å². The zero-order chi connectivity index (χ0) is 21.3. The Labute approximate surface area is 174 Å². The summed E-state index contributed by atoms with van der Waals surface area (Å²) in [6.45, 7) is 0.798. The summed E-state index contributed by atoms with van der Waals surface area (Å²) in [7, 11) is 2.74. The first-order valence-electron chi connectivity index (χ1n) is 9.84. The number of carbonyl (C=O) groups is 3. The topological polar surface area (TPSA) is 94.0 Å². The van der Waals surface area contributed by atoms with Crippen molar-refractivity contribution in [3.8, 4) is 5.69 Å². The first-order chi connectivity index (χ1) is 14.5. The van der Waals surface area contributed by atoms with Crippen LogP contribution >= 0.6 is 0 Å². The van der Waals surface area contributed by atoms with Gasteiger partial charge in [-0.3, -0.25) is 19.2 Å². The lowest BCUT2D eigenvalue weighted by atomic mass is 9.77. The van der Waals surface area contributed by atoms with E-state index in [-0.39, 0.29) is 18.2 Å². The fraction of sp³-hybridized carbons (Fsp3) is 0.429. The van der Waals surface area contributed by atoms with Crippen LogP contribution in [0.1, 0.15) is 29.6 Å². The van der Waals surface area contributed by atoms with Crippen molar-refractivity contribution in [3.05, 3.63) is 48.3 Å². The fourth-order valence-corrected chi connectivity index (χ4v) is 4.55. The van der Waals surface area contributed by atoms with E-state index in [1.165, 1.54) is 19.3 Å². The molecule has 9 heteroatoms. The Bertz CT molecular complexity index is 947. The van der Waals surface area contributed by atoms with Crippen LogP contribution in [0, 0.1) is 5.92 Å². The van der Waals surface area contributed by atoms with Crippen molar-refractivity contribution < 1.29 is 24.0 Å². The Morgan fingerprint density at radius 2 is 1.83 bits per heavy atom.